The summed E-state index contributed by atoms with van der Waals surface area (Å²) in [5.41, 5.74) is 0. The number of carbonyl (C=O) groups is 1. The normalized spacial score (nSPS) is 14.2. The number of aliphatic hydroxyl groups excluding tert-OH is 1. The van der Waals surface area contributed by atoms with E-state index in [-0.39, 0.29) is 19.1 Å². The van der Waals surface area contributed by atoms with Crippen molar-refractivity contribution < 1.29 is 32.9 Å². The topological polar surface area (TPSA) is 105 Å². The molecule has 0 aromatic heterocycles. The third-order valence-corrected chi connectivity index (χ3v) is 13.8. The third-order valence-electron chi connectivity index (χ3n) is 12.8. The van der Waals surface area contributed by atoms with E-state index in [4.69, 9.17) is 9.05 Å². The van der Waals surface area contributed by atoms with Crippen molar-refractivity contribution in [3.05, 3.63) is 36.5 Å². The number of hydrogen-bond donors (Lipinski definition) is 3. The van der Waals surface area contributed by atoms with Crippen molar-refractivity contribution in [3.63, 3.8) is 0 Å². The van der Waals surface area contributed by atoms with E-state index < -0.39 is 20.0 Å². The van der Waals surface area contributed by atoms with Crippen molar-refractivity contribution >= 4 is 13.7 Å². The summed E-state index contributed by atoms with van der Waals surface area (Å²) in [5, 5.41) is 13.9. The highest BCUT2D eigenvalue weighted by Crippen LogP contribution is 2.43. The molecule has 0 aromatic carbocycles. The molecule has 0 bridgehead atoms. The van der Waals surface area contributed by atoms with Gasteiger partial charge in [-0.05, 0) is 44.9 Å². The molecule has 3 N–H and O–H groups in total. The SMILES string of the molecule is CCCCCCCCCC/C=C/CC/C=C/CC/C=C/C(O)C(COP(=O)(O)OCC[N+](C)(C)C)NC(=O)CCCCCCCCCCCCCCCCCCCCCCCCCCCC. The first-order valence-electron chi connectivity index (χ1n) is 28.4. The van der Waals surface area contributed by atoms with Crippen LogP contribution in [0.15, 0.2) is 36.5 Å². The number of amides is 1. The number of phosphoric acid groups is 1. The summed E-state index contributed by atoms with van der Waals surface area (Å²) < 4.78 is 23.7. The number of likely N-dealkylation sites (N-methyl/N-ethyl adjacent to an activating group) is 1. The number of nitrogens with one attached hydrogen (secondary N) is 1. The van der Waals surface area contributed by atoms with E-state index in [2.05, 4.69) is 43.5 Å². The van der Waals surface area contributed by atoms with Crippen molar-refractivity contribution in [2.45, 2.75) is 283 Å². The van der Waals surface area contributed by atoms with E-state index in [1.54, 1.807) is 6.08 Å². The summed E-state index contributed by atoms with van der Waals surface area (Å²) >= 11 is 0. The van der Waals surface area contributed by atoms with Gasteiger partial charge >= 0.3 is 7.82 Å². The molecule has 0 fully saturated rings. The Morgan fingerprint density at radius 2 is 0.833 bits per heavy atom. The molecule has 0 spiro atoms. The van der Waals surface area contributed by atoms with E-state index in [9.17, 15) is 19.4 Å². The van der Waals surface area contributed by atoms with E-state index in [1.165, 1.54) is 205 Å². The van der Waals surface area contributed by atoms with E-state index in [0.29, 0.717) is 17.4 Å². The first-order chi connectivity index (χ1) is 32.0. The molecule has 0 radical (unpaired) electrons. The lowest BCUT2D eigenvalue weighted by atomic mass is 10.0. The van der Waals surface area contributed by atoms with Crippen LogP contribution in [0.1, 0.15) is 271 Å². The van der Waals surface area contributed by atoms with Crippen LogP contribution in [0, 0.1) is 0 Å². The Balaban J connectivity index is 4.21. The monoisotopic (exact) mass is 952 g/mol. The minimum Gasteiger partial charge on any atom is -0.387 e. The molecule has 0 aromatic rings. The van der Waals surface area contributed by atoms with Crippen molar-refractivity contribution in [2.24, 2.45) is 0 Å². The molecule has 0 aliphatic rings. The van der Waals surface area contributed by atoms with Gasteiger partial charge in [-0.2, -0.15) is 0 Å². The lowest BCUT2D eigenvalue weighted by molar-refractivity contribution is -0.870. The van der Waals surface area contributed by atoms with Crippen LogP contribution in [0.25, 0.3) is 0 Å². The van der Waals surface area contributed by atoms with Gasteiger partial charge in [-0.3, -0.25) is 13.8 Å². The molecule has 390 valence electrons. The molecule has 0 saturated carbocycles. The molecular formula is C57H112N2O6P+. The molecule has 0 aliphatic heterocycles. The van der Waals surface area contributed by atoms with Crippen LogP contribution >= 0.6 is 7.82 Å². The van der Waals surface area contributed by atoms with Crippen LogP contribution in [0.5, 0.6) is 0 Å². The summed E-state index contributed by atoms with van der Waals surface area (Å²) in [4.78, 5) is 23.3. The Kier molecular flexibility index (Phi) is 47.8. The highest BCUT2D eigenvalue weighted by atomic mass is 31.2. The van der Waals surface area contributed by atoms with Gasteiger partial charge in [-0.25, -0.2) is 4.57 Å². The molecular weight excluding hydrogens is 840 g/mol. The Morgan fingerprint density at radius 3 is 1.21 bits per heavy atom. The minimum absolute atomic E-state index is 0.0550. The van der Waals surface area contributed by atoms with Crippen molar-refractivity contribution in [1.82, 2.24) is 5.32 Å². The predicted molar refractivity (Wildman–Crippen MR) is 286 cm³/mol. The molecule has 9 heteroatoms. The van der Waals surface area contributed by atoms with Gasteiger partial charge in [0.25, 0.3) is 0 Å². The first-order valence-corrected chi connectivity index (χ1v) is 29.9. The fourth-order valence-electron chi connectivity index (χ4n) is 8.37. The number of phosphoric ester groups is 1. The molecule has 3 unspecified atom stereocenters. The van der Waals surface area contributed by atoms with Crippen molar-refractivity contribution in [2.75, 3.05) is 40.9 Å². The van der Waals surface area contributed by atoms with Gasteiger partial charge in [0.15, 0.2) is 0 Å². The Labute approximate surface area is 410 Å². The maximum atomic E-state index is 13.0. The fourth-order valence-corrected chi connectivity index (χ4v) is 9.11. The number of allylic oxidation sites excluding steroid dienone is 5. The molecule has 3 atom stereocenters. The number of unbranched alkanes of at least 4 members (excludes halogenated alkanes) is 35. The van der Waals surface area contributed by atoms with Gasteiger partial charge in [0.1, 0.15) is 13.2 Å². The van der Waals surface area contributed by atoms with Gasteiger partial charge in [-0.1, -0.05) is 256 Å². The molecule has 0 rings (SSSR count). The number of aliphatic hydroxyl groups is 1. The van der Waals surface area contributed by atoms with Crippen LogP contribution in [-0.2, 0) is 18.4 Å². The van der Waals surface area contributed by atoms with Gasteiger partial charge in [0.05, 0.1) is 39.9 Å². The van der Waals surface area contributed by atoms with Gasteiger partial charge in [0.2, 0.25) is 5.91 Å². The van der Waals surface area contributed by atoms with Crippen LogP contribution in [0.3, 0.4) is 0 Å². The number of carbonyl (C=O) groups excluding carboxylic acids is 1. The number of hydrogen-bond acceptors (Lipinski definition) is 5. The van der Waals surface area contributed by atoms with Crippen molar-refractivity contribution in [1.29, 1.82) is 0 Å². The quantitative estimate of drug-likeness (QED) is 0.0243. The predicted octanol–water partition coefficient (Wildman–Crippen LogP) is 17.0. The maximum absolute atomic E-state index is 13.0. The second-order valence-electron chi connectivity index (χ2n) is 20.7. The van der Waals surface area contributed by atoms with E-state index >= 15 is 0 Å². The highest BCUT2D eigenvalue weighted by Gasteiger charge is 2.27. The second kappa shape index (κ2) is 48.7. The lowest BCUT2D eigenvalue weighted by Crippen LogP contribution is -2.45. The van der Waals surface area contributed by atoms with Gasteiger partial charge < -0.3 is 19.8 Å². The highest BCUT2D eigenvalue weighted by molar-refractivity contribution is 7.47. The van der Waals surface area contributed by atoms with E-state index in [0.717, 1.165) is 44.9 Å². The molecule has 66 heavy (non-hydrogen) atoms. The first kappa shape index (κ1) is 64.7. The summed E-state index contributed by atoms with van der Waals surface area (Å²) in [6.45, 7) is 4.81. The third kappa shape index (κ3) is 50.6. The standard InChI is InChI=1S/C57H111N2O6P/c1-6-8-10-12-14-16-18-20-22-24-26-27-28-29-30-31-32-33-35-37-39-41-43-45-47-49-51-57(61)58-55(54-65-66(62,63)64-53-52-59(3,4)5)56(60)50-48-46-44-42-40-38-36-34-25-23-21-19-17-15-13-11-9-7-2/h25,34,40,42,48,50,55-56,60H,6-24,26-33,35-39,41,43-47,49,51-54H2,1-5H3,(H-,58,61,62,63)/p+1/b34-25+,42-40+,50-48+. The average Bonchev–Trinajstić information content (AvgIpc) is 3.28. The Hall–Kier alpha value is -1.28. The zero-order valence-electron chi connectivity index (χ0n) is 44.4. The fraction of sp³-hybridized carbons (Fsp3) is 0.877. The summed E-state index contributed by atoms with van der Waals surface area (Å²) in [6.07, 6.45) is 62.5. The molecule has 8 nitrogen and oxygen atoms in total. The molecule has 0 saturated heterocycles. The summed E-state index contributed by atoms with van der Waals surface area (Å²) in [7, 11) is 1.56. The summed E-state index contributed by atoms with van der Waals surface area (Å²) in [6, 6.07) is -0.867. The Bertz CT molecular complexity index is 1170. The van der Waals surface area contributed by atoms with Gasteiger partial charge in [0, 0.05) is 6.42 Å². The zero-order valence-corrected chi connectivity index (χ0v) is 45.3. The van der Waals surface area contributed by atoms with Crippen LogP contribution < -0.4 is 5.32 Å². The van der Waals surface area contributed by atoms with E-state index in [1.807, 2.05) is 27.2 Å². The molecule has 0 aliphatic carbocycles. The number of quaternary nitrogens is 1. The van der Waals surface area contributed by atoms with Gasteiger partial charge in [-0.15, -0.1) is 0 Å². The number of nitrogens with zero attached hydrogens (tertiary/aromatic N) is 1. The van der Waals surface area contributed by atoms with Crippen LogP contribution in [-0.4, -0.2) is 73.4 Å². The van der Waals surface area contributed by atoms with Crippen molar-refractivity contribution in [3.8, 4) is 0 Å². The zero-order chi connectivity index (χ0) is 48.5. The lowest BCUT2D eigenvalue weighted by Gasteiger charge is -2.25. The maximum Gasteiger partial charge on any atom is 0.472 e. The number of rotatable bonds is 52. The minimum atomic E-state index is -4.35. The largest absolute Gasteiger partial charge is 0.472 e. The Morgan fingerprint density at radius 1 is 0.500 bits per heavy atom. The smallest absolute Gasteiger partial charge is 0.387 e. The average molecular weight is 953 g/mol. The van der Waals surface area contributed by atoms with Crippen LogP contribution in [0.4, 0.5) is 0 Å². The molecule has 1 amide bonds. The molecule has 0 heterocycles. The summed E-state index contributed by atoms with van der Waals surface area (Å²) in [5.74, 6) is -0.186. The van der Waals surface area contributed by atoms with Crippen LogP contribution in [0.2, 0.25) is 0 Å². The second-order valence-corrected chi connectivity index (χ2v) is 22.1.